The largest absolute Gasteiger partial charge is 0.463 e. The number of halogens is 2. The van der Waals surface area contributed by atoms with Gasteiger partial charge in [0.15, 0.2) is 18.0 Å². The highest BCUT2D eigenvalue weighted by Gasteiger charge is 2.52. The predicted octanol–water partition coefficient (Wildman–Crippen LogP) is 2.75. The van der Waals surface area contributed by atoms with Crippen LogP contribution >= 0.6 is 27.5 Å². The fourth-order valence-electron chi connectivity index (χ4n) is 4.09. The van der Waals surface area contributed by atoms with Crippen LogP contribution in [0.5, 0.6) is 5.75 Å². The molecule has 1 aliphatic heterocycles. The molecule has 1 N–H and O–H groups in total. The first-order chi connectivity index (χ1) is 17.8. The van der Waals surface area contributed by atoms with Crippen LogP contribution in [-0.4, -0.2) is 71.5 Å². The van der Waals surface area contributed by atoms with Crippen LogP contribution in [0.1, 0.15) is 39.4 Å². The molecule has 0 radical (unpaired) electrons. The molecule has 1 fully saturated rings. The first-order valence-corrected chi connectivity index (χ1v) is 12.5. The number of hydrogen-bond donors (Lipinski definition) is 1. The van der Waals surface area contributed by atoms with E-state index in [1.165, 1.54) is 31.5 Å². The number of nitrogens with zero attached hydrogens (tertiary/aromatic N) is 1. The second kappa shape index (κ2) is 12.1. The zero-order chi connectivity index (χ0) is 28.3. The van der Waals surface area contributed by atoms with Crippen LogP contribution in [0, 0.1) is 0 Å². The number of ether oxygens (including phenoxy) is 5. The van der Waals surface area contributed by atoms with Crippen molar-refractivity contribution in [1.82, 2.24) is 9.88 Å². The number of fused-ring (bicyclic) bond motifs is 1. The Balaban J connectivity index is 2.14. The molecule has 0 aliphatic carbocycles. The van der Waals surface area contributed by atoms with Gasteiger partial charge in [0.1, 0.15) is 18.8 Å². The zero-order valence-electron chi connectivity index (χ0n) is 21.1. The summed E-state index contributed by atoms with van der Waals surface area (Å²) in [5.74, 6) is -2.86. The maximum atomic E-state index is 12.3. The van der Waals surface area contributed by atoms with Crippen molar-refractivity contribution in [2.75, 3.05) is 6.61 Å². The van der Waals surface area contributed by atoms with Gasteiger partial charge in [-0.1, -0.05) is 11.6 Å². The average Bonchev–Trinajstić information content (AvgIpc) is 3.17. The lowest BCUT2D eigenvalue weighted by atomic mass is 9.96. The van der Waals surface area contributed by atoms with Gasteiger partial charge in [0, 0.05) is 39.1 Å². The molecule has 0 saturated carbocycles. The van der Waals surface area contributed by atoms with Crippen molar-refractivity contribution in [2.45, 2.75) is 65.3 Å². The third kappa shape index (κ3) is 6.63. The van der Waals surface area contributed by atoms with Gasteiger partial charge in [0.05, 0.1) is 22.1 Å². The van der Waals surface area contributed by atoms with E-state index in [2.05, 4.69) is 21.2 Å². The Morgan fingerprint density at radius 1 is 1.00 bits per heavy atom. The summed E-state index contributed by atoms with van der Waals surface area (Å²) in [5, 5.41) is 3.23. The van der Waals surface area contributed by atoms with Crippen molar-refractivity contribution in [3.05, 3.63) is 27.8 Å². The minimum Gasteiger partial charge on any atom is -0.463 e. The van der Waals surface area contributed by atoms with Gasteiger partial charge in [0.2, 0.25) is 18.1 Å². The van der Waals surface area contributed by atoms with Crippen LogP contribution < -0.4 is 10.1 Å². The third-order valence-electron chi connectivity index (χ3n) is 5.48. The van der Waals surface area contributed by atoms with Crippen molar-refractivity contribution in [3.63, 3.8) is 0 Å². The van der Waals surface area contributed by atoms with Crippen LogP contribution in [0.3, 0.4) is 0 Å². The Labute approximate surface area is 230 Å². The molecule has 1 saturated heterocycles. The SMILES string of the molecule is CC(=O)NC1[C@H](Oc2cn(C(C)=O)c3ccc(Br)c(Cl)c23)OC(COC(C)=O)[C@@H](OC(C)=O)[C@@H]1OC(C)=O. The lowest BCUT2D eigenvalue weighted by molar-refractivity contribution is -0.256. The Morgan fingerprint density at radius 2 is 1.63 bits per heavy atom. The van der Waals surface area contributed by atoms with Gasteiger partial charge in [0.25, 0.3) is 0 Å². The summed E-state index contributed by atoms with van der Waals surface area (Å²) < 4.78 is 30.0. The summed E-state index contributed by atoms with van der Waals surface area (Å²) in [6.45, 7) is 5.65. The van der Waals surface area contributed by atoms with Crippen LogP contribution in [0.25, 0.3) is 10.9 Å². The van der Waals surface area contributed by atoms with Crippen LogP contribution in [0.4, 0.5) is 0 Å². The first kappa shape index (κ1) is 29.4. The summed E-state index contributed by atoms with van der Waals surface area (Å²) in [6, 6.07) is 2.13. The normalized spacial score (nSPS) is 22.9. The summed E-state index contributed by atoms with van der Waals surface area (Å²) in [4.78, 5) is 59.9. The van der Waals surface area contributed by atoms with E-state index in [0.717, 1.165) is 13.8 Å². The molecule has 38 heavy (non-hydrogen) atoms. The number of amides is 1. The minimum absolute atomic E-state index is 0.112. The lowest BCUT2D eigenvalue weighted by Gasteiger charge is -2.44. The average molecular weight is 618 g/mol. The Morgan fingerprint density at radius 3 is 2.18 bits per heavy atom. The highest BCUT2D eigenvalue weighted by Crippen LogP contribution is 2.40. The van der Waals surface area contributed by atoms with Crippen LogP contribution in [-0.2, 0) is 38.1 Å². The topological polar surface area (TPSA) is 148 Å². The fraction of sp³-hybridized carbons (Fsp3) is 0.458. The second-order valence-electron chi connectivity index (χ2n) is 8.48. The third-order valence-corrected chi connectivity index (χ3v) is 6.76. The molecule has 206 valence electrons. The van der Waals surface area contributed by atoms with Crippen molar-refractivity contribution in [2.24, 2.45) is 0 Å². The van der Waals surface area contributed by atoms with Gasteiger partial charge < -0.3 is 29.0 Å². The highest BCUT2D eigenvalue weighted by atomic mass is 79.9. The molecule has 1 aliphatic rings. The molecule has 0 bridgehead atoms. The van der Waals surface area contributed by atoms with Gasteiger partial charge in [-0.15, -0.1) is 0 Å². The number of carbonyl (C=O) groups is 5. The maximum absolute atomic E-state index is 12.3. The zero-order valence-corrected chi connectivity index (χ0v) is 23.5. The number of hydrogen-bond acceptors (Lipinski definition) is 10. The molecule has 2 heterocycles. The number of nitrogens with one attached hydrogen (secondary N) is 1. The summed E-state index contributed by atoms with van der Waals surface area (Å²) in [7, 11) is 0. The van der Waals surface area contributed by atoms with Crippen LogP contribution in [0.15, 0.2) is 22.8 Å². The van der Waals surface area contributed by atoms with E-state index in [0.29, 0.717) is 15.4 Å². The number of benzene rings is 1. The molecule has 5 atom stereocenters. The van der Waals surface area contributed by atoms with E-state index in [1.54, 1.807) is 12.1 Å². The lowest BCUT2D eigenvalue weighted by Crippen LogP contribution is -2.67. The van der Waals surface area contributed by atoms with E-state index < -0.39 is 54.5 Å². The van der Waals surface area contributed by atoms with Crippen molar-refractivity contribution >= 4 is 68.2 Å². The maximum Gasteiger partial charge on any atom is 0.303 e. The summed E-state index contributed by atoms with van der Waals surface area (Å²) in [5.41, 5.74) is 0.443. The Hall–Kier alpha value is -3.16. The molecule has 1 aromatic carbocycles. The number of carbonyl (C=O) groups excluding carboxylic acids is 5. The molecule has 2 aromatic rings. The molecular formula is C24H26BrClN2O10. The highest BCUT2D eigenvalue weighted by molar-refractivity contribution is 9.10. The molecule has 0 spiro atoms. The van der Waals surface area contributed by atoms with Crippen molar-refractivity contribution < 1.29 is 47.7 Å². The molecule has 14 heteroatoms. The monoisotopic (exact) mass is 616 g/mol. The Kier molecular flexibility index (Phi) is 9.39. The molecule has 1 amide bonds. The van der Waals surface area contributed by atoms with Crippen molar-refractivity contribution in [3.8, 4) is 5.75 Å². The van der Waals surface area contributed by atoms with Gasteiger partial charge >= 0.3 is 17.9 Å². The van der Waals surface area contributed by atoms with Crippen molar-refractivity contribution in [1.29, 1.82) is 0 Å². The number of aromatic nitrogens is 1. The van der Waals surface area contributed by atoms with Gasteiger partial charge in [-0.2, -0.15) is 0 Å². The predicted molar refractivity (Wildman–Crippen MR) is 136 cm³/mol. The standard InChI is InChI=1S/C24H26BrClN2O10/c1-10(29)27-21-23(36-14(5)33)22(35-13(4)32)18(9-34-12(3)31)38-24(21)37-17-8-28(11(2)30)16-7-6-15(25)20(26)19(16)17/h6-8,18,21-24H,9H2,1-5H3,(H,27,29)/t18?,21?,22-,23-,24-/m1/s1. The van der Waals surface area contributed by atoms with Gasteiger partial charge in [-0.3, -0.25) is 28.5 Å². The van der Waals surface area contributed by atoms with Gasteiger partial charge in [-0.05, 0) is 28.1 Å². The molecule has 12 nitrogen and oxygen atoms in total. The van der Waals surface area contributed by atoms with Gasteiger partial charge in [-0.25, -0.2) is 0 Å². The fourth-order valence-corrected chi connectivity index (χ4v) is 4.68. The van der Waals surface area contributed by atoms with Crippen LogP contribution in [0.2, 0.25) is 5.02 Å². The van der Waals surface area contributed by atoms with E-state index in [4.69, 9.17) is 35.3 Å². The second-order valence-corrected chi connectivity index (χ2v) is 9.71. The quantitative estimate of drug-likeness (QED) is 0.363. The smallest absolute Gasteiger partial charge is 0.303 e. The summed E-state index contributed by atoms with van der Waals surface area (Å²) >= 11 is 9.89. The minimum atomic E-state index is -1.38. The molecule has 2 unspecified atom stereocenters. The number of rotatable bonds is 7. The molecule has 3 rings (SSSR count). The Bertz CT molecular complexity index is 1280. The number of esters is 3. The van der Waals surface area contributed by atoms with E-state index in [1.807, 2.05) is 0 Å². The molecular weight excluding hydrogens is 592 g/mol. The summed E-state index contributed by atoms with van der Waals surface area (Å²) in [6.07, 6.45) is -3.71. The molecule has 1 aromatic heterocycles. The van der Waals surface area contributed by atoms with E-state index in [-0.39, 0.29) is 23.3 Å². The van der Waals surface area contributed by atoms with E-state index >= 15 is 0 Å². The van der Waals surface area contributed by atoms with E-state index in [9.17, 15) is 24.0 Å². The first-order valence-electron chi connectivity index (χ1n) is 11.4.